The van der Waals surface area contributed by atoms with Crippen LogP contribution < -0.4 is 10.1 Å². The first-order valence-electron chi connectivity index (χ1n) is 5.05. The fourth-order valence-corrected chi connectivity index (χ4v) is 1.34. The van der Waals surface area contributed by atoms with Gasteiger partial charge in [0.1, 0.15) is 11.8 Å². The van der Waals surface area contributed by atoms with Crippen LogP contribution >= 0.6 is 0 Å². The van der Waals surface area contributed by atoms with Gasteiger partial charge in [0.25, 0.3) is 0 Å². The molecule has 0 aromatic heterocycles. The molecule has 0 aliphatic rings. The SMILES string of the molecule is COc1ccc(NC(CCO)C(F)(F)F)cc1. The predicted molar refractivity (Wildman–Crippen MR) is 58.2 cm³/mol. The third-order valence-corrected chi connectivity index (χ3v) is 2.24. The van der Waals surface area contributed by atoms with Crippen LogP contribution in [0.25, 0.3) is 0 Å². The van der Waals surface area contributed by atoms with Crippen LogP contribution in [0, 0.1) is 0 Å². The van der Waals surface area contributed by atoms with Gasteiger partial charge < -0.3 is 15.2 Å². The monoisotopic (exact) mass is 249 g/mol. The van der Waals surface area contributed by atoms with E-state index in [0.29, 0.717) is 11.4 Å². The molecule has 0 amide bonds. The molecular formula is C11H14F3NO2. The van der Waals surface area contributed by atoms with Gasteiger partial charge in [-0.25, -0.2) is 0 Å². The second-order valence-corrected chi connectivity index (χ2v) is 3.48. The van der Waals surface area contributed by atoms with Crippen LogP contribution in [-0.2, 0) is 0 Å². The number of halogens is 3. The molecule has 0 aliphatic heterocycles. The number of nitrogens with one attached hydrogen (secondary N) is 1. The fourth-order valence-electron chi connectivity index (χ4n) is 1.34. The van der Waals surface area contributed by atoms with E-state index in [0.717, 1.165) is 0 Å². The van der Waals surface area contributed by atoms with Crippen molar-refractivity contribution in [3.8, 4) is 5.75 Å². The van der Waals surface area contributed by atoms with Gasteiger partial charge in [0.05, 0.1) is 7.11 Å². The summed E-state index contributed by atoms with van der Waals surface area (Å²) in [5.41, 5.74) is 0.335. The Morgan fingerprint density at radius 3 is 2.29 bits per heavy atom. The maximum absolute atomic E-state index is 12.5. The Labute approximate surface area is 97.2 Å². The van der Waals surface area contributed by atoms with Crippen LogP contribution in [0.3, 0.4) is 0 Å². The molecule has 0 aliphatic carbocycles. The molecule has 1 unspecified atom stereocenters. The minimum atomic E-state index is -4.39. The third-order valence-electron chi connectivity index (χ3n) is 2.24. The number of benzene rings is 1. The van der Waals surface area contributed by atoms with Crippen LogP contribution in [0.2, 0.25) is 0 Å². The van der Waals surface area contributed by atoms with E-state index < -0.39 is 18.8 Å². The molecule has 0 radical (unpaired) electrons. The standard InChI is InChI=1S/C11H14F3NO2/c1-17-9-4-2-8(3-5-9)15-10(6-7-16)11(12,13)14/h2-5,10,15-16H,6-7H2,1H3. The van der Waals surface area contributed by atoms with Crippen molar-refractivity contribution in [2.45, 2.75) is 18.6 Å². The van der Waals surface area contributed by atoms with E-state index in [4.69, 9.17) is 9.84 Å². The lowest BCUT2D eigenvalue weighted by molar-refractivity contribution is -0.145. The lowest BCUT2D eigenvalue weighted by atomic mass is 10.2. The van der Waals surface area contributed by atoms with Gasteiger partial charge in [0.15, 0.2) is 0 Å². The number of methoxy groups -OCH3 is 1. The topological polar surface area (TPSA) is 41.5 Å². The van der Waals surface area contributed by atoms with Crippen molar-refractivity contribution in [3.05, 3.63) is 24.3 Å². The highest BCUT2D eigenvalue weighted by atomic mass is 19.4. The summed E-state index contributed by atoms with van der Waals surface area (Å²) in [5, 5.41) is 10.9. The number of aliphatic hydroxyl groups excluding tert-OH is 1. The van der Waals surface area contributed by atoms with Crippen molar-refractivity contribution in [3.63, 3.8) is 0 Å². The number of hydrogen-bond donors (Lipinski definition) is 2. The lowest BCUT2D eigenvalue weighted by Crippen LogP contribution is -2.36. The number of rotatable bonds is 5. The van der Waals surface area contributed by atoms with Crippen molar-refractivity contribution < 1.29 is 23.0 Å². The van der Waals surface area contributed by atoms with Gasteiger partial charge in [0, 0.05) is 12.3 Å². The third kappa shape index (κ3) is 4.14. The first-order valence-corrected chi connectivity index (χ1v) is 5.05. The van der Waals surface area contributed by atoms with E-state index >= 15 is 0 Å². The minimum Gasteiger partial charge on any atom is -0.497 e. The Morgan fingerprint density at radius 1 is 1.29 bits per heavy atom. The molecule has 0 heterocycles. The normalized spacial score (nSPS) is 13.2. The molecular weight excluding hydrogens is 235 g/mol. The first-order chi connectivity index (χ1) is 7.97. The molecule has 1 rings (SSSR count). The second kappa shape index (κ2) is 5.77. The van der Waals surface area contributed by atoms with Gasteiger partial charge in [-0.1, -0.05) is 0 Å². The average molecular weight is 249 g/mol. The predicted octanol–water partition coefficient (Wildman–Crippen LogP) is 2.42. The maximum atomic E-state index is 12.5. The molecule has 1 aromatic carbocycles. The molecule has 96 valence electrons. The fraction of sp³-hybridized carbons (Fsp3) is 0.455. The first kappa shape index (κ1) is 13.6. The molecule has 0 saturated carbocycles. The van der Waals surface area contributed by atoms with Gasteiger partial charge in [-0.05, 0) is 30.7 Å². The van der Waals surface area contributed by atoms with Crippen LogP contribution in [0.4, 0.5) is 18.9 Å². The molecule has 0 fully saturated rings. The maximum Gasteiger partial charge on any atom is 0.408 e. The number of alkyl halides is 3. The van der Waals surface area contributed by atoms with Crippen molar-refractivity contribution in [2.75, 3.05) is 19.0 Å². The van der Waals surface area contributed by atoms with Crippen LogP contribution in [-0.4, -0.2) is 31.0 Å². The zero-order chi connectivity index (χ0) is 12.9. The Bertz CT molecular complexity index is 338. The molecule has 0 saturated heterocycles. The zero-order valence-electron chi connectivity index (χ0n) is 9.29. The van der Waals surface area contributed by atoms with Crippen LogP contribution in [0.5, 0.6) is 5.75 Å². The van der Waals surface area contributed by atoms with E-state index in [2.05, 4.69) is 5.32 Å². The summed E-state index contributed by atoms with van der Waals surface area (Å²) in [6, 6.07) is 4.37. The van der Waals surface area contributed by atoms with E-state index in [-0.39, 0.29) is 6.42 Å². The van der Waals surface area contributed by atoms with Crippen molar-refractivity contribution in [1.29, 1.82) is 0 Å². The lowest BCUT2D eigenvalue weighted by Gasteiger charge is -2.21. The summed E-state index contributed by atoms with van der Waals surface area (Å²) in [7, 11) is 1.48. The Morgan fingerprint density at radius 2 is 1.88 bits per heavy atom. The quantitative estimate of drug-likeness (QED) is 0.842. The molecule has 1 atom stereocenters. The molecule has 0 spiro atoms. The highest BCUT2D eigenvalue weighted by molar-refractivity contribution is 5.47. The zero-order valence-corrected chi connectivity index (χ0v) is 9.29. The van der Waals surface area contributed by atoms with E-state index in [1.807, 2.05) is 0 Å². The van der Waals surface area contributed by atoms with Crippen LogP contribution in [0.1, 0.15) is 6.42 Å². The van der Waals surface area contributed by atoms with Crippen molar-refractivity contribution in [2.24, 2.45) is 0 Å². The smallest absolute Gasteiger partial charge is 0.408 e. The summed E-state index contributed by atoms with van der Waals surface area (Å²) >= 11 is 0. The van der Waals surface area contributed by atoms with E-state index in [1.165, 1.54) is 19.2 Å². The van der Waals surface area contributed by atoms with Gasteiger partial charge in [0.2, 0.25) is 0 Å². The van der Waals surface area contributed by atoms with Crippen LogP contribution in [0.15, 0.2) is 24.3 Å². The average Bonchev–Trinajstić information content (AvgIpc) is 2.28. The van der Waals surface area contributed by atoms with Gasteiger partial charge in [-0.15, -0.1) is 0 Å². The van der Waals surface area contributed by atoms with Crippen molar-refractivity contribution in [1.82, 2.24) is 0 Å². The highest BCUT2D eigenvalue weighted by Gasteiger charge is 2.39. The Balaban J connectivity index is 2.72. The Kier molecular flexibility index (Phi) is 4.62. The van der Waals surface area contributed by atoms with Gasteiger partial charge in [-0.3, -0.25) is 0 Å². The molecule has 17 heavy (non-hydrogen) atoms. The Hall–Kier alpha value is -1.43. The van der Waals surface area contributed by atoms with E-state index in [9.17, 15) is 13.2 Å². The summed E-state index contributed by atoms with van der Waals surface area (Å²) in [4.78, 5) is 0. The van der Waals surface area contributed by atoms with E-state index in [1.54, 1.807) is 12.1 Å². The number of ether oxygens (including phenoxy) is 1. The largest absolute Gasteiger partial charge is 0.497 e. The van der Waals surface area contributed by atoms with Crippen molar-refractivity contribution >= 4 is 5.69 Å². The molecule has 0 bridgehead atoms. The molecule has 3 nitrogen and oxygen atoms in total. The van der Waals surface area contributed by atoms with Gasteiger partial charge >= 0.3 is 6.18 Å². The summed E-state index contributed by atoms with van der Waals surface area (Å²) < 4.78 is 42.5. The number of aliphatic hydroxyl groups is 1. The number of hydrogen-bond acceptors (Lipinski definition) is 3. The number of anilines is 1. The summed E-state index contributed by atoms with van der Waals surface area (Å²) in [5.74, 6) is 0.571. The molecule has 2 N–H and O–H groups in total. The minimum absolute atomic E-state index is 0.335. The second-order valence-electron chi connectivity index (χ2n) is 3.48. The molecule has 1 aromatic rings. The summed E-state index contributed by atoms with van der Waals surface area (Å²) in [6.07, 6.45) is -4.77. The van der Waals surface area contributed by atoms with Gasteiger partial charge in [-0.2, -0.15) is 13.2 Å². The molecule has 6 heteroatoms. The highest BCUT2D eigenvalue weighted by Crippen LogP contribution is 2.26. The summed E-state index contributed by atoms with van der Waals surface area (Å²) in [6.45, 7) is -0.521.